The van der Waals surface area contributed by atoms with Crippen molar-refractivity contribution in [2.75, 3.05) is 14.2 Å². The second-order valence-corrected chi connectivity index (χ2v) is 4.04. The number of rotatable bonds is 3. The van der Waals surface area contributed by atoms with Crippen molar-refractivity contribution in [3.05, 3.63) is 28.0 Å². The molecule has 0 fully saturated rings. The van der Waals surface area contributed by atoms with Gasteiger partial charge in [-0.2, -0.15) is 0 Å². The number of nitrogens with zero attached hydrogens (tertiary/aromatic N) is 1. The van der Waals surface area contributed by atoms with Crippen LogP contribution in [0.3, 0.4) is 0 Å². The zero-order chi connectivity index (χ0) is 10.0. The summed E-state index contributed by atoms with van der Waals surface area (Å²) in [6.45, 7) is 8.20. The molecule has 0 aliphatic rings. The van der Waals surface area contributed by atoms with Gasteiger partial charge in [-0.3, -0.25) is 9.90 Å². The van der Waals surface area contributed by atoms with Crippen LogP contribution < -0.4 is 0 Å². The molecule has 0 amide bonds. The van der Waals surface area contributed by atoms with Crippen LogP contribution in [0.25, 0.3) is 5.70 Å². The SMILES string of the molecule is C=C(c1csc(C)c1C)N(C)OC. The van der Waals surface area contributed by atoms with Crippen LogP contribution in [0.15, 0.2) is 12.0 Å². The highest BCUT2D eigenvalue weighted by Crippen LogP contribution is 2.27. The standard InChI is InChI=1S/C10H15NOS/c1-7-9(3)13-6-10(7)8(2)11(4)12-5/h6H,2H2,1,3-5H3. The van der Waals surface area contributed by atoms with Crippen LogP contribution in [0.2, 0.25) is 0 Å². The molecule has 1 heterocycles. The lowest BCUT2D eigenvalue weighted by Gasteiger charge is -2.18. The van der Waals surface area contributed by atoms with Gasteiger partial charge in [0.05, 0.1) is 12.8 Å². The lowest BCUT2D eigenvalue weighted by atomic mass is 10.1. The number of hydrogen-bond acceptors (Lipinski definition) is 3. The number of hydrogen-bond donors (Lipinski definition) is 0. The Labute approximate surface area is 83.4 Å². The molecule has 0 N–H and O–H groups in total. The highest BCUT2D eigenvalue weighted by Gasteiger charge is 2.10. The maximum Gasteiger partial charge on any atom is 0.0644 e. The van der Waals surface area contributed by atoms with Crippen LogP contribution in [0.5, 0.6) is 0 Å². The molecule has 0 saturated carbocycles. The van der Waals surface area contributed by atoms with E-state index in [0.717, 1.165) is 5.70 Å². The van der Waals surface area contributed by atoms with Crippen molar-refractivity contribution in [3.8, 4) is 0 Å². The van der Waals surface area contributed by atoms with Gasteiger partial charge in [0.2, 0.25) is 0 Å². The highest BCUT2D eigenvalue weighted by molar-refractivity contribution is 7.10. The fourth-order valence-electron chi connectivity index (χ4n) is 1.08. The topological polar surface area (TPSA) is 12.5 Å². The molecule has 1 aromatic rings. The molecule has 0 saturated heterocycles. The molecule has 0 aromatic carbocycles. The largest absolute Gasteiger partial charge is 0.277 e. The summed E-state index contributed by atoms with van der Waals surface area (Å²) in [5.74, 6) is 0. The van der Waals surface area contributed by atoms with Crippen LogP contribution in [0.4, 0.5) is 0 Å². The third-order valence-corrected chi connectivity index (χ3v) is 3.26. The van der Waals surface area contributed by atoms with Crippen LogP contribution in [-0.4, -0.2) is 19.2 Å². The predicted molar refractivity (Wildman–Crippen MR) is 57.6 cm³/mol. The van der Waals surface area contributed by atoms with Crippen LogP contribution >= 0.6 is 11.3 Å². The van der Waals surface area contributed by atoms with Crippen molar-refractivity contribution in [2.24, 2.45) is 0 Å². The third-order valence-electron chi connectivity index (χ3n) is 2.25. The van der Waals surface area contributed by atoms with E-state index in [1.165, 1.54) is 16.0 Å². The number of thiophene rings is 1. The minimum absolute atomic E-state index is 0.907. The Morgan fingerprint density at radius 1 is 1.54 bits per heavy atom. The molecule has 1 aromatic heterocycles. The maximum atomic E-state index is 5.07. The summed E-state index contributed by atoms with van der Waals surface area (Å²) in [6.07, 6.45) is 0. The first-order valence-electron chi connectivity index (χ1n) is 4.09. The van der Waals surface area contributed by atoms with E-state index >= 15 is 0 Å². The predicted octanol–water partition coefficient (Wildman–Crippen LogP) is 2.83. The molecule has 0 aliphatic heterocycles. The average molecular weight is 197 g/mol. The van der Waals surface area contributed by atoms with Gasteiger partial charge < -0.3 is 0 Å². The molecule has 13 heavy (non-hydrogen) atoms. The van der Waals surface area contributed by atoms with Crippen LogP contribution in [0.1, 0.15) is 16.0 Å². The summed E-state index contributed by atoms with van der Waals surface area (Å²) < 4.78 is 0. The molecule has 0 unspecified atom stereocenters. The average Bonchev–Trinajstić information content (AvgIpc) is 2.45. The Kier molecular flexibility index (Phi) is 3.12. The van der Waals surface area contributed by atoms with Crippen LogP contribution in [0, 0.1) is 13.8 Å². The van der Waals surface area contributed by atoms with E-state index in [-0.39, 0.29) is 0 Å². The Morgan fingerprint density at radius 2 is 2.15 bits per heavy atom. The van der Waals surface area contributed by atoms with Gasteiger partial charge in [0.15, 0.2) is 0 Å². The van der Waals surface area contributed by atoms with Gasteiger partial charge in [0.25, 0.3) is 0 Å². The molecule has 0 aliphatic carbocycles. The van der Waals surface area contributed by atoms with Crippen molar-refractivity contribution >= 4 is 17.0 Å². The highest BCUT2D eigenvalue weighted by atomic mass is 32.1. The summed E-state index contributed by atoms with van der Waals surface area (Å²) in [7, 11) is 3.49. The van der Waals surface area contributed by atoms with Gasteiger partial charge in [-0.05, 0) is 19.4 Å². The molecule has 0 bridgehead atoms. The van der Waals surface area contributed by atoms with Crippen molar-refractivity contribution in [2.45, 2.75) is 13.8 Å². The molecule has 0 atom stereocenters. The minimum atomic E-state index is 0.907. The second kappa shape index (κ2) is 3.94. The van der Waals surface area contributed by atoms with Crippen LogP contribution in [-0.2, 0) is 4.84 Å². The van der Waals surface area contributed by atoms with Gasteiger partial charge in [-0.15, -0.1) is 11.3 Å². The summed E-state index contributed by atoms with van der Waals surface area (Å²) in [5, 5.41) is 3.79. The lowest BCUT2D eigenvalue weighted by Crippen LogP contribution is -2.14. The van der Waals surface area contributed by atoms with E-state index in [1.54, 1.807) is 23.5 Å². The Balaban J connectivity index is 2.95. The zero-order valence-corrected chi connectivity index (χ0v) is 9.36. The first kappa shape index (κ1) is 10.3. The summed E-state index contributed by atoms with van der Waals surface area (Å²) in [6, 6.07) is 0. The van der Waals surface area contributed by atoms with Gasteiger partial charge >= 0.3 is 0 Å². The molecule has 0 radical (unpaired) electrons. The monoisotopic (exact) mass is 197 g/mol. The normalized spacial score (nSPS) is 10.2. The Bertz CT molecular complexity index is 317. The first-order valence-corrected chi connectivity index (χ1v) is 4.97. The van der Waals surface area contributed by atoms with Crippen molar-refractivity contribution in [1.82, 2.24) is 5.06 Å². The molecule has 72 valence electrons. The summed E-state index contributed by atoms with van der Waals surface area (Å²) in [4.78, 5) is 6.40. The molecule has 1 rings (SSSR count). The van der Waals surface area contributed by atoms with Gasteiger partial charge in [-0.1, -0.05) is 6.58 Å². The molecule has 0 spiro atoms. The number of hydroxylamine groups is 2. The fraction of sp³-hybridized carbons (Fsp3) is 0.400. The van der Waals surface area contributed by atoms with E-state index in [4.69, 9.17) is 4.84 Å². The lowest BCUT2D eigenvalue weighted by molar-refractivity contribution is -0.0524. The van der Waals surface area contributed by atoms with Gasteiger partial charge in [0.1, 0.15) is 0 Å². The van der Waals surface area contributed by atoms with Crippen molar-refractivity contribution in [1.29, 1.82) is 0 Å². The number of aryl methyl sites for hydroxylation is 1. The smallest absolute Gasteiger partial charge is 0.0644 e. The fourth-order valence-corrected chi connectivity index (χ4v) is 1.97. The van der Waals surface area contributed by atoms with E-state index in [1.807, 2.05) is 7.05 Å². The minimum Gasteiger partial charge on any atom is -0.277 e. The molecule has 2 nitrogen and oxygen atoms in total. The first-order chi connectivity index (χ1) is 6.07. The van der Waals surface area contributed by atoms with E-state index < -0.39 is 0 Å². The zero-order valence-electron chi connectivity index (χ0n) is 8.55. The molecular formula is C10H15NOS. The van der Waals surface area contributed by atoms with E-state index in [2.05, 4.69) is 25.8 Å². The van der Waals surface area contributed by atoms with E-state index in [0.29, 0.717) is 0 Å². The van der Waals surface area contributed by atoms with Crippen molar-refractivity contribution < 1.29 is 4.84 Å². The molecular weight excluding hydrogens is 182 g/mol. The van der Waals surface area contributed by atoms with Crippen molar-refractivity contribution in [3.63, 3.8) is 0 Å². The van der Waals surface area contributed by atoms with Gasteiger partial charge in [0, 0.05) is 22.9 Å². The molecule has 3 heteroatoms. The van der Waals surface area contributed by atoms with Gasteiger partial charge in [-0.25, -0.2) is 0 Å². The second-order valence-electron chi connectivity index (χ2n) is 2.96. The Morgan fingerprint density at radius 3 is 2.54 bits per heavy atom. The quantitative estimate of drug-likeness (QED) is 0.691. The van der Waals surface area contributed by atoms with E-state index in [9.17, 15) is 0 Å². The maximum absolute atomic E-state index is 5.07. The summed E-state index contributed by atoms with van der Waals surface area (Å²) >= 11 is 1.74. The summed E-state index contributed by atoms with van der Waals surface area (Å²) in [5.41, 5.74) is 3.37. The Hall–Kier alpha value is -0.800. The third kappa shape index (κ3) is 1.92.